The van der Waals surface area contributed by atoms with Crippen LogP contribution in [0.2, 0.25) is 0 Å². The van der Waals surface area contributed by atoms with Crippen LogP contribution in [0.3, 0.4) is 0 Å². The number of nitro benzene ring substituents is 1. The van der Waals surface area contributed by atoms with E-state index in [0.717, 1.165) is 26.4 Å². The Kier molecular flexibility index (Phi) is 4.88. The number of carbonyl (C=O) groups is 1. The second-order valence-electron chi connectivity index (χ2n) is 7.37. The summed E-state index contributed by atoms with van der Waals surface area (Å²) in [6, 6.07) is 4.89. The maximum atomic E-state index is 12.3. The fraction of sp³-hybridized carbons (Fsp3) is 0.556. The number of nitrogens with zero attached hydrogens (tertiary/aromatic N) is 2. The summed E-state index contributed by atoms with van der Waals surface area (Å²) in [5.41, 5.74) is 0.800. The minimum absolute atomic E-state index is 0.0375. The second kappa shape index (κ2) is 7.15. The number of aromatic nitrogens is 1. The van der Waals surface area contributed by atoms with Gasteiger partial charge in [-0.1, -0.05) is 18.2 Å². The number of hydrogen-bond donors (Lipinski definition) is 1. The highest BCUT2D eigenvalue weighted by Gasteiger charge is 2.42. The van der Waals surface area contributed by atoms with E-state index in [1.807, 2.05) is 0 Å². The third-order valence-corrected chi connectivity index (χ3v) is 7.87. The maximum Gasteiger partial charge on any atom is 0.270 e. The van der Waals surface area contributed by atoms with E-state index >= 15 is 0 Å². The van der Waals surface area contributed by atoms with Crippen LogP contribution >= 0.6 is 23.1 Å². The van der Waals surface area contributed by atoms with Gasteiger partial charge in [0.15, 0.2) is 4.34 Å². The van der Waals surface area contributed by atoms with Crippen LogP contribution < -0.4 is 5.32 Å². The first kappa shape index (κ1) is 17.7. The van der Waals surface area contributed by atoms with Crippen LogP contribution in [0.25, 0.3) is 10.2 Å². The number of benzene rings is 1. The number of rotatable bonds is 6. The molecule has 4 rings (SSSR count). The largest absolute Gasteiger partial charge is 0.353 e. The molecule has 2 fully saturated rings. The molecule has 26 heavy (non-hydrogen) atoms. The molecule has 6 nitrogen and oxygen atoms in total. The number of fused-ring (bicyclic) bond motifs is 3. The van der Waals surface area contributed by atoms with E-state index in [-0.39, 0.29) is 17.6 Å². The zero-order valence-corrected chi connectivity index (χ0v) is 16.1. The number of amides is 1. The molecular formula is C18H21N3O3S2. The van der Waals surface area contributed by atoms with Gasteiger partial charge in [0.1, 0.15) is 0 Å². The van der Waals surface area contributed by atoms with E-state index in [4.69, 9.17) is 0 Å². The molecule has 1 aromatic carbocycles. The van der Waals surface area contributed by atoms with Gasteiger partial charge in [0.05, 0.1) is 20.9 Å². The zero-order valence-electron chi connectivity index (χ0n) is 14.5. The second-order valence-corrected chi connectivity index (χ2v) is 9.63. The Labute approximate surface area is 159 Å². The molecule has 1 heterocycles. The van der Waals surface area contributed by atoms with Crippen molar-refractivity contribution in [1.82, 2.24) is 10.3 Å². The highest BCUT2D eigenvalue weighted by molar-refractivity contribution is 8.01. The number of carbonyl (C=O) groups excluding carboxylic acids is 1. The number of thiazole rings is 1. The number of nitrogens with one attached hydrogen (secondary N) is 1. The minimum atomic E-state index is -0.406. The average molecular weight is 392 g/mol. The third kappa shape index (κ3) is 3.57. The summed E-state index contributed by atoms with van der Waals surface area (Å²) < 4.78 is 1.54. The van der Waals surface area contributed by atoms with Crippen molar-refractivity contribution in [2.75, 3.05) is 5.75 Å². The van der Waals surface area contributed by atoms with E-state index in [2.05, 4.69) is 17.2 Å². The quantitative estimate of drug-likeness (QED) is 0.452. The molecular weight excluding hydrogens is 370 g/mol. The molecule has 2 aliphatic rings. The SMILES string of the molecule is C[C@@H](NC(=O)CSc1nc2ccc([N+](=O)[O-])cc2s1)[C@@H]1C[C@@H]2CC[C@@H]1C2. The van der Waals surface area contributed by atoms with Gasteiger partial charge in [0, 0.05) is 18.2 Å². The van der Waals surface area contributed by atoms with Gasteiger partial charge in [-0.25, -0.2) is 4.98 Å². The summed E-state index contributed by atoms with van der Waals surface area (Å²) >= 11 is 2.79. The molecule has 0 saturated heterocycles. The predicted molar refractivity (Wildman–Crippen MR) is 104 cm³/mol. The Morgan fingerprint density at radius 3 is 3.00 bits per heavy atom. The van der Waals surface area contributed by atoms with Gasteiger partial charge in [-0.15, -0.1) is 11.3 Å². The van der Waals surface area contributed by atoms with Crippen molar-refractivity contribution in [2.24, 2.45) is 17.8 Å². The first-order valence-electron chi connectivity index (χ1n) is 8.96. The Morgan fingerprint density at radius 2 is 2.31 bits per heavy atom. The van der Waals surface area contributed by atoms with Crippen LogP contribution in [0.15, 0.2) is 22.5 Å². The summed E-state index contributed by atoms with van der Waals surface area (Å²) in [7, 11) is 0. The van der Waals surface area contributed by atoms with Gasteiger partial charge in [-0.2, -0.15) is 0 Å². The average Bonchev–Trinajstić information content (AvgIpc) is 3.33. The van der Waals surface area contributed by atoms with Gasteiger partial charge >= 0.3 is 0 Å². The van der Waals surface area contributed by atoms with Crippen LogP contribution in [-0.2, 0) is 4.79 Å². The van der Waals surface area contributed by atoms with Gasteiger partial charge < -0.3 is 5.32 Å². The Hall–Kier alpha value is -1.67. The van der Waals surface area contributed by atoms with Gasteiger partial charge in [-0.05, 0) is 50.0 Å². The molecule has 0 radical (unpaired) electrons. The number of non-ortho nitro benzene ring substituents is 1. The monoisotopic (exact) mass is 391 g/mol. The Morgan fingerprint density at radius 1 is 1.46 bits per heavy atom. The maximum absolute atomic E-state index is 12.3. The van der Waals surface area contributed by atoms with Crippen LogP contribution in [0, 0.1) is 27.9 Å². The predicted octanol–water partition coefficient (Wildman–Crippen LogP) is 4.24. The summed E-state index contributed by atoms with van der Waals surface area (Å²) in [5, 5.41) is 14.0. The highest BCUT2D eigenvalue weighted by Crippen LogP contribution is 2.49. The van der Waals surface area contributed by atoms with Crippen molar-refractivity contribution < 1.29 is 9.72 Å². The molecule has 1 aromatic heterocycles. The Balaban J connectivity index is 1.32. The van der Waals surface area contributed by atoms with Crippen molar-refractivity contribution >= 4 is 44.9 Å². The van der Waals surface area contributed by atoms with Gasteiger partial charge in [0.2, 0.25) is 5.91 Å². The van der Waals surface area contributed by atoms with Gasteiger partial charge in [0.25, 0.3) is 5.69 Å². The fourth-order valence-electron chi connectivity index (χ4n) is 4.50. The summed E-state index contributed by atoms with van der Waals surface area (Å²) in [5.74, 6) is 2.67. The first-order valence-corrected chi connectivity index (χ1v) is 10.8. The molecule has 2 bridgehead atoms. The summed E-state index contributed by atoms with van der Waals surface area (Å²) in [6.07, 6.45) is 5.29. The van der Waals surface area contributed by atoms with E-state index < -0.39 is 4.92 Å². The van der Waals surface area contributed by atoms with Crippen molar-refractivity contribution in [3.05, 3.63) is 28.3 Å². The molecule has 2 aromatic rings. The lowest BCUT2D eigenvalue weighted by molar-refractivity contribution is -0.384. The lowest BCUT2D eigenvalue weighted by Gasteiger charge is -2.28. The van der Waals surface area contributed by atoms with Crippen LogP contribution in [0.5, 0.6) is 0 Å². The molecule has 0 aliphatic heterocycles. The van der Waals surface area contributed by atoms with Crippen molar-refractivity contribution in [2.45, 2.75) is 43.0 Å². The fourth-order valence-corrected chi connectivity index (χ4v) is 6.42. The summed E-state index contributed by atoms with van der Waals surface area (Å²) in [4.78, 5) is 27.2. The van der Waals surface area contributed by atoms with E-state index in [1.165, 1.54) is 60.9 Å². The Bertz CT molecular complexity index is 853. The molecule has 138 valence electrons. The normalized spacial score (nSPS) is 25.5. The molecule has 0 unspecified atom stereocenters. The number of thioether (sulfide) groups is 1. The topological polar surface area (TPSA) is 85.1 Å². The third-order valence-electron chi connectivity index (χ3n) is 5.71. The zero-order chi connectivity index (χ0) is 18.3. The van der Waals surface area contributed by atoms with Crippen molar-refractivity contribution in [3.8, 4) is 0 Å². The molecule has 8 heteroatoms. The van der Waals surface area contributed by atoms with Crippen molar-refractivity contribution in [3.63, 3.8) is 0 Å². The lowest BCUT2D eigenvalue weighted by atomic mass is 9.84. The molecule has 0 spiro atoms. The molecule has 4 atom stereocenters. The summed E-state index contributed by atoms with van der Waals surface area (Å²) in [6.45, 7) is 2.13. The lowest BCUT2D eigenvalue weighted by Crippen LogP contribution is -2.40. The molecule has 1 N–H and O–H groups in total. The van der Waals surface area contributed by atoms with Crippen LogP contribution in [0.4, 0.5) is 5.69 Å². The number of nitro groups is 1. The molecule has 2 saturated carbocycles. The minimum Gasteiger partial charge on any atom is -0.353 e. The van der Waals surface area contributed by atoms with Crippen LogP contribution in [-0.4, -0.2) is 27.6 Å². The smallest absolute Gasteiger partial charge is 0.270 e. The van der Waals surface area contributed by atoms with E-state index in [0.29, 0.717) is 11.7 Å². The number of hydrogen-bond acceptors (Lipinski definition) is 6. The standard InChI is InChI=1S/C18H21N3O3S2/c1-10(14-7-11-2-3-12(14)6-11)19-17(22)9-25-18-20-15-5-4-13(21(23)24)8-16(15)26-18/h4-5,8,10-12,14H,2-3,6-7,9H2,1H3,(H,19,22)/t10-,11-,12-,14+/m1/s1. The first-order chi connectivity index (χ1) is 12.5. The van der Waals surface area contributed by atoms with Crippen LogP contribution in [0.1, 0.15) is 32.6 Å². The molecule has 1 amide bonds. The van der Waals surface area contributed by atoms with Crippen molar-refractivity contribution in [1.29, 1.82) is 0 Å². The van der Waals surface area contributed by atoms with Gasteiger partial charge in [-0.3, -0.25) is 14.9 Å². The highest BCUT2D eigenvalue weighted by atomic mass is 32.2. The van der Waals surface area contributed by atoms with E-state index in [9.17, 15) is 14.9 Å². The van der Waals surface area contributed by atoms with E-state index in [1.54, 1.807) is 6.07 Å². The molecule has 2 aliphatic carbocycles.